The van der Waals surface area contributed by atoms with Crippen molar-refractivity contribution in [1.29, 1.82) is 0 Å². The number of aliphatic carboxylic acids is 1. The zero-order chi connectivity index (χ0) is 24.7. The van der Waals surface area contributed by atoms with Gasteiger partial charge in [-0.05, 0) is 50.2 Å². The summed E-state index contributed by atoms with van der Waals surface area (Å²) >= 11 is 1.56. The molecule has 0 rings (SSSR count). The van der Waals surface area contributed by atoms with Gasteiger partial charge in [-0.15, -0.1) is 0 Å². The number of thioether (sulfide) groups is 1. The standard InChI is InChI=1S/C20H39N5O6S/c1-4-12(2)16(25-17(27)13(22)8-10-32-3)19(29)23-14(7-5-6-9-21)18(28)24-15(11-26)20(30)31/h12-16,26H,4-11,21-22H2,1-3H3,(H,23,29)(H,24,28)(H,25,27)(H,30,31). The number of rotatable bonds is 17. The van der Waals surface area contributed by atoms with Gasteiger partial charge in [-0.2, -0.15) is 11.8 Å². The van der Waals surface area contributed by atoms with Gasteiger partial charge < -0.3 is 37.6 Å². The lowest BCUT2D eigenvalue weighted by molar-refractivity contribution is -0.143. The fourth-order valence-electron chi connectivity index (χ4n) is 2.82. The van der Waals surface area contributed by atoms with Crippen LogP contribution < -0.4 is 27.4 Å². The van der Waals surface area contributed by atoms with Gasteiger partial charge >= 0.3 is 5.97 Å². The van der Waals surface area contributed by atoms with Gasteiger partial charge in [0.1, 0.15) is 18.1 Å². The number of hydrogen-bond acceptors (Lipinski definition) is 8. The van der Waals surface area contributed by atoms with E-state index >= 15 is 0 Å². The van der Waals surface area contributed by atoms with Crippen molar-refractivity contribution in [3.8, 4) is 0 Å². The van der Waals surface area contributed by atoms with Crippen molar-refractivity contribution in [3.63, 3.8) is 0 Å². The average Bonchev–Trinajstić information content (AvgIpc) is 2.77. The highest BCUT2D eigenvalue weighted by molar-refractivity contribution is 7.98. The van der Waals surface area contributed by atoms with Gasteiger partial charge in [0.15, 0.2) is 0 Å². The summed E-state index contributed by atoms with van der Waals surface area (Å²) in [6, 6.07) is -4.20. The first-order valence-corrected chi connectivity index (χ1v) is 12.2. The molecule has 0 radical (unpaired) electrons. The van der Waals surface area contributed by atoms with E-state index in [9.17, 15) is 19.2 Å². The molecule has 0 saturated carbocycles. The van der Waals surface area contributed by atoms with Crippen molar-refractivity contribution in [1.82, 2.24) is 16.0 Å². The fourth-order valence-corrected chi connectivity index (χ4v) is 3.31. The van der Waals surface area contributed by atoms with Crippen LogP contribution in [-0.4, -0.2) is 83.2 Å². The largest absolute Gasteiger partial charge is 0.480 e. The van der Waals surface area contributed by atoms with E-state index in [4.69, 9.17) is 21.7 Å². The van der Waals surface area contributed by atoms with E-state index in [2.05, 4.69) is 16.0 Å². The molecule has 186 valence electrons. The summed E-state index contributed by atoms with van der Waals surface area (Å²) in [4.78, 5) is 49.2. The predicted octanol–water partition coefficient (Wildman–Crippen LogP) is -1.23. The second-order valence-corrected chi connectivity index (χ2v) is 8.67. The van der Waals surface area contributed by atoms with E-state index in [0.29, 0.717) is 38.0 Å². The molecule has 3 amide bonds. The van der Waals surface area contributed by atoms with Crippen molar-refractivity contribution in [2.45, 2.75) is 70.1 Å². The molecule has 11 nitrogen and oxygen atoms in total. The minimum Gasteiger partial charge on any atom is -0.480 e. The molecule has 0 fully saturated rings. The Morgan fingerprint density at radius 1 is 0.969 bits per heavy atom. The van der Waals surface area contributed by atoms with Crippen molar-refractivity contribution in [2.75, 3.05) is 25.2 Å². The Labute approximate surface area is 193 Å². The van der Waals surface area contributed by atoms with Gasteiger partial charge in [0.05, 0.1) is 12.6 Å². The molecule has 0 aromatic rings. The Balaban J connectivity index is 5.41. The summed E-state index contributed by atoms with van der Waals surface area (Å²) in [5.41, 5.74) is 11.4. The normalized spacial score (nSPS) is 15.7. The van der Waals surface area contributed by atoms with Crippen LogP contribution in [0.2, 0.25) is 0 Å². The van der Waals surface area contributed by atoms with Gasteiger partial charge in [0, 0.05) is 0 Å². The van der Waals surface area contributed by atoms with E-state index in [1.807, 2.05) is 13.2 Å². The van der Waals surface area contributed by atoms with Gasteiger partial charge in [-0.25, -0.2) is 4.79 Å². The number of nitrogens with two attached hydrogens (primary N) is 2. The summed E-state index contributed by atoms with van der Waals surface area (Å²) < 4.78 is 0. The molecule has 0 aromatic carbocycles. The zero-order valence-electron chi connectivity index (χ0n) is 19.1. The summed E-state index contributed by atoms with van der Waals surface area (Å²) in [5.74, 6) is -2.67. The average molecular weight is 478 g/mol. The molecule has 0 aromatic heterocycles. The second kappa shape index (κ2) is 16.7. The second-order valence-electron chi connectivity index (χ2n) is 7.69. The monoisotopic (exact) mass is 477 g/mol. The third kappa shape index (κ3) is 11.1. The van der Waals surface area contributed by atoms with Crippen LogP contribution in [0.5, 0.6) is 0 Å². The highest BCUT2D eigenvalue weighted by atomic mass is 32.2. The third-order valence-corrected chi connectivity index (χ3v) is 5.78. The third-order valence-electron chi connectivity index (χ3n) is 5.14. The molecule has 0 spiro atoms. The first-order chi connectivity index (χ1) is 15.1. The van der Waals surface area contributed by atoms with E-state index in [-0.39, 0.29) is 12.3 Å². The molecule has 0 saturated heterocycles. The first kappa shape index (κ1) is 30.1. The number of carbonyl (C=O) groups is 4. The number of aliphatic hydroxyl groups is 1. The quantitative estimate of drug-likeness (QED) is 0.125. The number of carbonyl (C=O) groups excluding carboxylic acids is 3. The molecule has 0 heterocycles. The summed E-state index contributed by atoms with van der Waals surface area (Å²) in [6.07, 6.45) is 4.31. The molecule has 9 N–H and O–H groups in total. The maximum absolute atomic E-state index is 13.0. The van der Waals surface area contributed by atoms with Gasteiger partial charge in [0.2, 0.25) is 17.7 Å². The van der Waals surface area contributed by atoms with Crippen molar-refractivity contribution in [3.05, 3.63) is 0 Å². The zero-order valence-corrected chi connectivity index (χ0v) is 20.0. The van der Waals surface area contributed by atoms with E-state index < -0.39 is 54.5 Å². The Bertz CT molecular complexity index is 609. The van der Waals surface area contributed by atoms with Crippen LogP contribution in [0.3, 0.4) is 0 Å². The molecular formula is C20H39N5O6S. The van der Waals surface area contributed by atoms with Crippen LogP contribution in [0.25, 0.3) is 0 Å². The number of unbranched alkanes of at least 4 members (excludes halogenated alkanes) is 1. The van der Waals surface area contributed by atoms with Crippen LogP contribution in [-0.2, 0) is 19.2 Å². The lowest BCUT2D eigenvalue weighted by Gasteiger charge is -2.28. The van der Waals surface area contributed by atoms with Crippen molar-refractivity contribution in [2.24, 2.45) is 17.4 Å². The molecule has 5 atom stereocenters. The van der Waals surface area contributed by atoms with Crippen LogP contribution in [0.4, 0.5) is 0 Å². The topological polar surface area (TPSA) is 197 Å². The molecule has 0 aliphatic heterocycles. The number of hydrogen-bond donors (Lipinski definition) is 7. The number of nitrogens with one attached hydrogen (secondary N) is 3. The van der Waals surface area contributed by atoms with E-state index in [1.54, 1.807) is 18.7 Å². The lowest BCUT2D eigenvalue weighted by Crippen LogP contribution is -2.58. The maximum atomic E-state index is 13.0. The lowest BCUT2D eigenvalue weighted by atomic mass is 9.97. The van der Waals surface area contributed by atoms with Crippen LogP contribution in [0.1, 0.15) is 46.0 Å². The maximum Gasteiger partial charge on any atom is 0.328 e. The highest BCUT2D eigenvalue weighted by Crippen LogP contribution is 2.11. The van der Waals surface area contributed by atoms with Crippen LogP contribution in [0, 0.1) is 5.92 Å². The summed E-state index contributed by atoms with van der Waals surface area (Å²) in [7, 11) is 0. The number of carboxylic acid groups (broad SMARTS) is 1. The molecule has 32 heavy (non-hydrogen) atoms. The highest BCUT2D eigenvalue weighted by Gasteiger charge is 2.32. The first-order valence-electron chi connectivity index (χ1n) is 10.8. The number of carboxylic acids is 1. The van der Waals surface area contributed by atoms with Crippen molar-refractivity contribution < 1.29 is 29.4 Å². The van der Waals surface area contributed by atoms with E-state index in [1.165, 1.54) is 0 Å². The Kier molecular flexibility index (Phi) is 15.7. The molecule has 5 unspecified atom stereocenters. The summed E-state index contributed by atoms with van der Waals surface area (Å²) in [6.45, 7) is 3.28. The fraction of sp³-hybridized carbons (Fsp3) is 0.800. The van der Waals surface area contributed by atoms with Gasteiger partial charge in [-0.3, -0.25) is 14.4 Å². The Morgan fingerprint density at radius 3 is 2.09 bits per heavy atom. The number of aliphatic hydroxyl groups excluding tert-OH is 1. The summed E-state index contributed by atoms with van der Waals surface area (Å²) in [5, 5.41) is 25.8. The Hall–Kier alpha value is -1.89. The van der Waals surface area contributed by atoms with Crippen molar-refractivity contribution >= 4 is 35.5 Å². The van der Waals surface area contributed by atoms with Gasteiger partial charge in [-0.1, -0.05) is 20.3 Å². The molecule has 0 aliphatic carbocycles. The minimum atomic E-state index is -1.49. The molecular weight excluding hydrogens is 438 g/mol. The molecule has 0 bridgehead atoms. The van der Waals surface area contributed by atoms with Crippen LogP contribution in [0.15, 0.2) is 0 Å². The number of amides is 3. The minimum absolute atomic E-state index is 0.223. The predicted molar refractivity (Wildman–Crippen MR) is 124 cm³/mol. The smallest absolute Gasteiger partial charge is 0.328 e. The molecule has 12 heteroatoms. The Morgan fingerprint density at radius 2 is 1.59 bits per heavy atom. The SMILES string of the molecule is CCC(C)C(NC(=O)C(N)CCSC)C(=O)NC(CCCCN)C(=O)NC(CO)C(=O)O. The molecule has 0 aliphatic rings. The van der Waals surface area contributed by atoms with Crippen LogP contribution >= 0.6 is 11.8 Å². The van der Waals surface area contributed by atoms with E-state index in [0.717, 1.165) is 0 Å². The van der Waals surface area contributed by atoms with Gasteiger partial charge in [0.25, 0.3) is 0 Å².